The Morgan fingerprint density at radius 1 is 1.05 bits per heavy atom. The van der Waals surface area contributed by atoms with Crippen molar-refractivity contribution in [2.75, 3.05) is 5.73 Å². The third kappa shape index (κ3) is 3.53. The average molecular weight is 306 g/mol. The first-order valence-corrected chi connectivity index (χ1v) is 8.03. The summed E-state index contributed by atoms with van der Waals surface area (Å²) in [6.07, 6.45) is 0. The molecule has 0 radical (unpaired) electrons. The van der Waals surface area contributed by atoms with E-state index >= 15 is 0 Å². The zero-order valence-electron chi connectivity index (χ0n) is 11.9. The lowest BCUT2D eigenvalue weighted by atomic mass is 10.0. The molecular formula is C15H18N2O3S. The molecule has 0 saturated heterocycles. The molecule has 0 atom stereocenters. The van der Waals surface area contributed by atoms with Gasteiger partial charge in [-0.25, -0.2) is 13.6 Å². The molecule has 6 heteroatoms. The van der Waals surface area contributed by atoms with Crippen molar-refractivity contribution in [3.05, 3.63) is 48.0 Å². The van der Waals surface area contributed by atoms with Gasteiger partial charge in [-0.15, -0.1) is 0 Å². The van der Waals surface area contributed by atoms with Crippen molar-refractivity contribution in [3.8, 4) is 11.5 Å². The van der Waals surface area contributed by atoms with Crippen LogP contribution in [0.25, 0.3) is 0 Å². The molecular weight excluding hydrogens is 288 g/mol. The number of anilines is 1. The van der Waals surface area contributed by atoms with Crippen molar-refractivity contribution >= 4 is 15.7 Å². The fourth-order valence-corrected chi connectivity index (χ4v) is 2.69. The van der Waals surface area contributed by atoms with Gasteiger partial charge < -0.3 is 10.5 Å². The molecule has 0 bridgehead atoms. The SMILES string of the molecule is CC(C)c1ccccc1Oc1ccc(N)cc1S(N)(=O)=O. The van der Waals surface area contributed by atoms with E-state index in [1.165, 1.54) is 12.1 Å². The monoisotopic (exact) mass is 306 g/mol. The van der Waals surface area contributed by atoms with Crippen LogP contribution in [0.5, 0.6) is 11.5 Å². The Balaban J connectivity index is 2.51. The third-order valence-corrected chi connectivity index (χ3v) is 3.97. The number of sulfonamides is 1. The summed E-state index contributed by atoms with van der Waals surface area (Å²) >= 11 is 0. The molecule has 21 heavy (non-hydrogen) atoms. The van der Waals surface area contributed by atoms with Crippen molar-refractivity contribution in [1.82, 2.24) is 0 Å². The van der Waals surface area contributed by atoms with Gasteiger partial charge >= 0.3 is 0 Å². The zero-order valence-corrected chi connectivity index (χ0v) is 12.7. The van der Waals surface area contributed by atoms with Gasteiger partial charge in [0.25, 0.3) is 0 Å². The minimum Gasteiger partial charge on any atom is -0.456 e. The Morgan fingerprint density at radius 3 is 2.33 bits per heavy atom. The van der Waals surface area contributed by atoms with Crippen LogP contribution in [-0.4, -0.2) is 8.42 Å². The van der Waals surface area contributed by atoms with Crippen LogP contribution in [0.15, 0.2) is 47.4 Å². The van der Waals surface area contributed by atoms with E-state index in [2.05, 4.69) is 0 Å². The number of para-hydroxylation sites is 1. The highest BCUT2D eigenvalue weighted by Crippen LogP contribution is 2.34. The molecule has 0 spiro atoms. The van der Waals surface area contributed by atoms with Crippen molar-refractivity contribution < 1.29 is 13.2 Å². The summed E-state index contributed by atoms with van der Waals surface area (Å²) < 4.78 is 29.1. The topological polar surface area (TPSA) is 95.4 Å². The number of hydrogen-bond donors (Lipinski definition) is 2. The quantitative estimate of drug-likeness (QED) is 0.849. The Hall–Kier alpha value is -2.05. The molecule has 2 aromatic rings. The van der Waals surface area contributed by atoms with Gasteiger partial charge in [0.2, 0.25) is 10.0 Å². The molecule has 0 aromatic heterocycles. The highest BCUT2D eigenvalue weighted by atomic mass is 32.2. The van der Waals surface area contributed by atoms with Crippen LogP contribution in [0.4, 0.5) is 5.69 Å². The van der Waals surface area contributed by atoms with E-state index in [9.17, 15) is 8.42 Å². The molecule has 112 valence electrons. The predicted molar refractivity (Wildman–Crippen MR) is 82.8 cm³/mol. The Labute approximate surface area is 124 Å². The van der Waals surface area contributed by atoms with Crippen LogP contribution in [0.3, 0.4) is 0 Å². The van der Waals surface area contributed by atoms with Gasteiger partial charge in [-0.2, -0.15) is 0 Å². The maximum atomic E-state index is 11.7. The fourth-order valence-electron chi connectivity index (χ4n) is 2.00. The molecule has 0 fully saturated rings. The summed E-state index contributed by atoms with van der Waals surface area (Å²) in [5, 5.41) is 5.21. The molecule has 0 heterocycles. The van der Waals surface area contributed by atoms with Crippen LogP contribution in [0.2, 0.25) is 0 Å². The van der Waals surface area contributed by atoms with Gasteiger partial charge in [-0.05, 0) is 35.7 Å². The van der Waals surface area contributed by atoms with Crippen LogP contribution in [0, 0.1) is 0 Å². The van der Waals surface area contributed by atoms with Gasteiger partial charge in [-0.1, -0.05) is 32.0 Å². The first-order valence-electron chi connectivity index (χ1n) is 6.48. The molecule has 2 rings (SSSR count). The van der Waals surface area contributed by atoms with Crippen molar-refractivity contribution in [2.45, 2.75) is 24.7 Å². The lowest BCUT2D eigenvalue weighted by Gasteiger charge is -2.15. The second-order valence-corrected chi connectivity index (χ2v) is 6.58. The van der Waals surface area contributed by atoms with Crippen molar-refractivity contribution in [2.24, 2.45) is 5.14 Å². The van der Waals surface area contributed by atoms with Gasteiger partial charge in [-0.3, -0.25) is 0 Å². The summed E-state index contributed by atoms with van der Waals surface area (Å²) in [6.45, 7) is 4.07. The molecule has 0 aliphatic heterocycles. The second-order valence-electron chi connectivity index (χ2n) is 5.05. The number of nitrogen functional groups attached to an aromatic ring is 1. The molecule has 4 N–H and O–H groups in total. The van der Waals surface area contributed by atoms with E-state index in [4.69, 9.17) is 15.6 Å². The number of nitrogens with two attached hydrogens (primary N) is 2. The number of rotatable bonds is 4. The molecule has 0 aliphatic rings. The molecule has 0 amide bonds. The summed E-state index contributed by atoms with van der Waals surface area (Å²) in [6, 6.07) is 11.8. The van der Waals surface area contributed by atoms with Crippen LogP contribution in [0.1, 0.15) is 25.3 Å². The van der Waals surface area contributed by atoms with E-state index in [0.717, 1.165) is 5.56 Å². The van der Waals surface area contributed by atoms with Gasteiger partial charge in [0.05, 0.1) is 0 Å². The highest BCUT2D eigenvalue weighted by molar-refractivity contribution is 7.89. The number of primary sulfonamides is 1. The summed E-state index contributed by atoms with van der Waals surface area (Å²) in [7, 11) is -3.91. The molecule has 0 saturated carbocycles. The highest BCUT2D eigenvalue weighted by Gasteiger charge is 2.17. The maximum Gasteiger partial charge on any atom is 0.241 e. The predicted octanol–water partition coefficient (Wildman–Crippen LogP) is 2.83. The lowest BCUT2D eigenvalue weighted by molar-refractivity contribution is 0.459. The third-order valence-electron chi connectivity index (χ3n) is 3.04. The van der Waals surface area contributed by atoms with Crippen LogP contribution < -0.4 is 15.6 Å². The average Bonchev–Trinajstić information content (AvgIpc) is 2.40. The van der Waals surface area contributed by atoms with E-state index in [1.54, 1.807) is 12.1 Å². The van der Waals surface area contributed by atoms with Gasteiger partial charge in [0.15, 0.2) is 0 Å². The Bertz CT molecular complexity index is 755. The second kappa shape index (κ2) is 5.75. The van der Waals surface area contributed by atoms with Crippen molar-refractivity contribution in [1.29, 1.82) is 0 Å². The standard InChI is InChI=1S/C15H18N2O3S/c1-10(2)12-5-3-4-6-13(12)20-14-8-7-11(16)9-15(14)21(17,18)19/h3-10H,16H2,1-2H3,(H2,17,18,19). The normalized spacial score (nSPS) is 11.6. The number of ether oxygens (including phenoxy) is 1. The van der Waals surface area contributed by atoms with Crippen molar-refractivity contribution in [3.63, 3.8) is 0 Å². The number of benzene rings is 2. The maximum absolute atomic E-state index is 11.7. The Morgan fingerprint density at radius 2 is 1.71 bits per heavy atom. The summed E-state index contributed by atoms with van der Waals surface area (Å²) in [5.74, 6) is 1.01. The molecule has 5 nitrogen and oxygen atoms in total. The Kier molecular flexibility index (Phi) is 4.20. The van der Waals surface area contributed by atoms with Gasteiger partial charge in [0.1, 0.15) is 16.4 Å². The van der Waals surface area contributed by atoms with E-state index in [-0.39, 0.29) is 16.6 Å². The summed E-state index contributed by atoms with van der Waals surface area (Å²) in [4.78, 5) is -0.124. The fraction of sp³-hybridized carbons (Fsp3) is 0.200. The minimum absolute atomic E-state index is 0.124. The number of hydrogen-bond acceptors (Lipinski definition) is 4. The molecule has 0 unspecified atom stereocenters. The minimum atomic E-state index is -3.91. The zero-order chi connectivity index (χ0) is 15.6. The molecule has 2 aromatic carbocycles. The summed E-state index contributed by atoms with van der Waals surface area (Å²) in [5.41, 5.74) is 6.91. The lowest BCUT2D eigenvalue weighted by Crippen LogP contribution is -2.13. The van der Waals surface area contributed by atoms with E-state index in [1.807, 2.05) is 32.0 Å². The largest absolute Gasteiger partial charge is 0.456 e. The first-order chi connectivity index (χ1) is 9.79. The molecule has 0 aliphatic carbocycles. The van der Waals surface area contributed by atoms with Gasteiger partial charge in [0, 0.05) is 5.69 Å². The van der Waals surface area contributed by atoms with Crippen LogP contribution in [-0.2, 0) is 10.0 Å². The smallest absolute Gasteiger partial charge is 0.241 e. The first kappa shape index (κ1) is 15.3. The van der Waals surface area contributed by atoms with Crippen LogP contribution >= 0.6 is 0 Å². The van der Waals surface area contributed by atoms with E-state index in [0.29, 0.717) is 11.4 Å². The van der Waals surface area contributed by atoms with E-state index < -0.39 is 10.0 Å².